The fraction of sp³-hybridized carbons (Fsp3) is 0.526. The number of hydrogen-bond acceptors (Lipinski definition) is 5. The number of likely N-dealkylation sites (tertiary alicyclic amines) is 1. The molecule has 142 valence electrons. The highest BCUT2D eigenvalue weighted by Crippen LogP contribution is 2.15. The maximum Gasteiger partial charge on any atom is 0.306 e. The van der Waals surface area contributed by atoms with Gasteiger partial charge in [0.25, 0.3) is 5.91 Å². The molecular formula is C19H26N2O5. The van der Waals surface area contributed by atoms with Crippen LogP contribution in [0.25, 0.3) is 0 Å². The third-order valence-corrected chi connectivity index (χ3v) is 4.38. The van der Waals surface area contributed by atoms with Crippen molar-refractivity contribution in [1.82, 2.24) is 10.2 Å². The van der Waals surface area contributed by atoms with Crippen LogP contribution in [0.2, 0.25) is 0 Å². The highest BCUT2D eigenvalue weighted by Gasteiger charge is 2.24. The van der Waals surface area contributed by atoms with Gasteiger partial charge >= 0.3 is 5.97 Å². The number of hydrogen-bond donors (Lipinski definition) is 1. The Morgan fingerprint density at radius 3 is 2.35 bits per heavy atom. The zero-order valence-corrected chi connectivity index (χ0v) is 15.3. The van der Waals surface area contributed by atoms with E-state index in [1.54, 1.807) is 43.2 Å². The summed E-state index contributed by atoms with van der Waals surface area (Å²) in [7, 11) is 1.58. The van der Waals surface area contributed by atoms with Gasteiger partial charge in [-0.2, -0.15) is 0 Å². The molecule has 1 aliphatic rings. The molecular weight excluding hydrogens is 336 g/mol. The number of amides is 2. The summed E-state index contributed by atoms with van der Waals surface area (Å²) in [6, 6.07) is 6.99. The average Bonchev–Trinajstić information content (AvgIpc) is 2.67. The van der Waals surface area contributed by atoms with E-state index < -0.39 is 0 Å². The summed E-state index contributed by atoms with van der Waals surface area (Å²) < 4.78 is 9.92. The van der Waals surface area contributed by atoms with E-state index in [2.05, 4.69) is 5.32 Å². The molecule has 0 saturated carbocycles. The van der Waals surface area contributed by atoms with Gasteiger partial charge in [0.1, 0.15) is 5.75 Å². The monoisotopic (exact) mass is 362 g/mol. The standard InChI is InChI=1S/C19H26N2O5/c1-3-26-18(23)9-8-17(22)21-12-10-15(11-13-21)20-19(24)14-4-6-16(25-2)7-5-14/h4-7,15H,3,8-13H2,1-2H3,(H,20,24). The lowest BCUT2D eigenvalue weighted by molar-refractivity contribution is -0.145. The van der Waals surface area contributed by atoms with E-state index in [1.165, 1.54) is 0 Å². The number of methoxy groups -OCH3 is 1. The molecule has 1 N–H and O–H groups in total. The minimum absolute atomic E-state index is 0.0405. The summed E-state index contributed by atoms with van der Waals surface area (Å²) >= 11 is 0. The third-order valence-electron chi connectivity index (χ3n) is 4.38. The predicted octanol–water partition coefficient (Wildman–Crippen LogP) is 1.76. The summed E-state index contributed by atoms with van der Waals surface area (Å²) in [6.07, 6.45) is 1.68. The van der Waals surface area contributed by atoms with E-state index in [9.17, 15) is 14.4 Å². The number of piperidine rings is 1. The van der Waals surface area contributed by atoms with E-state index >= 15 is 0 Å². The van der Waals surface area contributed by atoms with Crippen molar-refractivity contribution in [2.24, 2.45) is 0 Å². The van der Waals surface area contributed by atoms with Gasteiger partial charge in [-0.15, -0.1) is 0 Å². The van der Waals surface area contributed by atoms with Crippen molar-refractivity contribution in [1.29, 1.82) is 0 Å². The van der Waals surface area contributed by atoms with E-state index in [1.807, 2.05) is 0 Å². The number of carbonyl (C=O) groups is 3. The van der Waals surface area contributed by atoms with Gasteiger partial charge in [-0.25, -0.2) is 0 Å². The van der Waals surface area contributed by atoms with E-state index in [-0.39, 0.29) is 36.7 Å². The lowest BCUT2D eigenvalue weighted by atomic mass is 10.0. The van der Waals surface area contributed by atoms with Crippen LogP contribution in [0.3, 0.4) is 0 Å². The van der Waals surface area contributed by atoms with Gasteiger partial charge in [0.05, 0.1) is 20.1 Å². The van der Waals surface area contributed by atoms with Gasteiger partial charge in [-0.3, -0.25) is 14.4 Å². The molecule has 0 bridgehead atoms. The number of benzene rings is 1. The first-order valence-electron chi connectivity index (χ1n) is 8.91. The Hall–Kier alpha value is -2.57. The van der Waals surface area contributed by atoms with E-state index in [0.717, 1.165) is 0 Å². The summed E-state index contributed by atoms with van der Waals surface area (Å²) in [5, 5.41) is 3.01. The first-order valence-corrected chi connectivity index (χ1v) is 8.91. The number of esters is 1. The van der Waals surface area contributed by atoms with E-state index in [0.29, 0.717) is 43.9 Å². The Bertz CT molecular complexity index is 621. The molecule has 0 aliphatic carbocycles. The Balaban J connectivity index is 1.74. The Kier molecular flexibility index (Phi) is 7.44. The zero-order chi connectivity index (χ0) is 18.9. The molecule has 0 atom stereocenters. The summed E-state index contributed by atoms with van der Waals surface area (Å²) in [5.74, 6) is 0.191. The van der Waals surface area contributed by atoms with Gasteiger partial charge in [-0.1, -0.05) is 0 Å². The molecule has 7 heteroatoms. The first-order chi connectivity index (χ1) is 12.5. The SMILES string of the molecule is CCOC(=O)CCC(=O)N1CCC(NC(=O)c2ccc(OC)cc2)CC1. The molecule has 26 heavy (non-hydrogen) atoms. The van der Waals surface area contributed by atoms with Gasteiger partial charge in [0.2, 0.25) is 5.91 Å². The molecule has 0 radical (unpaired) electrons. The van der Waals surface area contributed by atoms with Crippen molar-refractivity contribution in [3.63, 3.8) is 0 Å². The van der Waals surface area contributed by atoms with Crippen molar-refractivity contribution in [3.8, 4) is 5.75 Å². The largest absolute Gasteiger partial charge is 0.497 e. The van der Waals surface area contributed by atoms with Crippen molar-refractivity contribution in [3.05, 3.63) is 29.8 Å². The molecule has 0 aromatic heterocycles. The number of nitrogens with zero attached hydrogens (tertiary/aromatic N) is 1. The topological polar surface area (TPSA) is 84.9 Å². The summed E-state index contributed by atoms with van der Waals surface area (Å²) in [5.41, 5.74) is 0.582. The Labute approximate surface area is 153 Å². The van der Waals surface area contributed by atoms with E-state index in [4.69, 9.17) is 9.47 Å². The third kappa shape index (κ3) is 5.75. The second-order valence-electron chi connectivity index (χ2n) is 6.16. The lowest BCUT2D eigenvalue weighted by Crippen LogP contribution is -2.46. The lowest BCUT2D eigenvalue weighted by Gasteiger charge is -2.32. The molecule has 0 unspecified atom stereocenters. The number of rotatable bonds is 7. The molecule has 0 spiro atoms. The number of ether oxygens (including phenoxy) is 2. The minimum Gasteiger partial charge on any atom is -0.497 e. The van der Waals surface area contributed by atoms with Gasteiger partial charge < -0.3 is 19.7 Å². The van der Waals surface area contributed by atoms with Crippen molar-refractivity contribution in [2.75, 3.05) is 26.8 Å². The molecule has 1 aromatic rings. The highest BCUT2D eigenvalue weighted by molar-refractivity contribution is 5.94. The van der Waals surface area contributed by atoms with Crippen LogP contribution >= 0.6 is 0 Å². The Morgan fingerprint density at radius 2 is 1.77 bits per heavy atom. The molecule has 1 aromatic carbocycles. The van der Waals surface area contributed by atoms with Crippen molar-refractivity contribution < 1.29 is 23.9 Å². The van der Waals surface area contributed by atoms with Crippen molar-refractivity contribution in [2.45, 2.75) is 38.6 Å². The summed E-state index contributed by atoms with van der Waals surface area (Å²) in [6.45, 7) is 3.22. The van der Waals surface area contributed by atoms with Gasteiger partial charge in [0.15, 0.2) is 0 Å². The smallest absolute Gasteiger partial charge is 0.306 e. The molecule has 2 rings (SSSR count). The zero-order valence-electron chi connectivity index (χ0n) is 15.3. The second-order valence-corrected chi connectivity index (χ2v) is 6.16. The van der Waals surface area contributed by atoms with Crippen LogP contribution in [0.1, 0.15) is 43.0 Å². The normalized spacial score (nSPS) is 14.6. The number of nitrogens with one attached hydrogen (secondary N) is 1. The summed E-state index contributed by atoms with van der Waals surface area (Å²) in [4.78, 5) is 37.5. The maximum absolute atomic E-state index is 12.3. The van der Waals surface area contributed by atoms with Crippen LogP contribution in [0, 0.1) is 0 Å². The van der Waals surface area contributed by atoms with Crippen molar-refractivity contribution >= 4 is 17.8 Å². The first kappa shape index (κ1) is 19.8. The number of carbonyl (C=O) groups excluding carboxylic acids is 3. The van der Waals surface area contributed by atoms with Crippen LogP contribution < -0.4 is 10.1 Å². The molecule has 1 fully saturated rings. The van der Waals surface area contributed by atoms with Crippen LogP contribution in [-0.4, -0.2) is 55.5 Å². The molecule has 1 aliphatic heterocycles. The predicted molar refractivity (Wildman–Crippen MR) is 95.9 cm³/mol. The van der Waals surface area contributed by atoms with Crippen LogP contribution in [0.5, 0.6) is 5.75 Å². The van der Waals surface area contributed by atoms with Gasteiger partial charge in [-0.05, 0) is 44.0 Å². The maximum atomic E-state index is 12.3. The highest BCUT2D eigenvalue weighted by atomic mass is 16.5. The molecule has 1 heterocycles. The molecule has 7 nitrogen and oxygen atoms in total. The fourth-order valence-electron chi connectivity index (χ4n) is 2.88. The molecule has 1 saturated heterocycles. The minimum atomic E-state index is -0.345. The average molecular weight is 362 g/mol. The van der Waals surface area contributed by atoms with Crippen LogP contribution in [-0.2, 0) is 14.3 Å². The molecule has 2 amide bonds. The second kappa shape index (κ2) is 9.79. The quantitative estimate of drug-likeness (QED) is 0.747. The Morgan fingerprint density at radius 1 is 1.12 bits per heavy atom. The van der Waals surface area contributed by atoms with Gasteiger partial charge in [0, 0.05) is 31.1 Å². The van der Waals surface area contributed by atoms with Crippen LogP contribution in [0.4, 0.5) is 0 Å². The van der Waals surface area contributed by atoms with Crippen LogP contribution in [0.15, 0.2) is 24.3 Å². The fourth-order valence-corrected chi connectivity index (χ4v) is 2.88.